The van der Waals surface area contributed by atoms with Crippen molar-refractivity contribution in [3.05, 3.63) is 71.3 Å². The van der Waals surface area contributed by atoms with Gasteiger partial charge in [-0.25, -0.2) is 0 Å². The van der Waals surface area contributed by atoms with E-state index in [0.29, 0.717) is 5.41 Å². The summed E-state index contributed by atoms with van der Waals surface area (Å²) in [6.45, 7) is 15.4. The summed E-state index contributed by atoms with van der Waals surface area (Å²) in [6, 6.07) is 15.8. The number of ether oxygens (including phenoxy) is 1. The highest BCUT2D eigenvalue weighted by molar-refractivity contribution is 7.99. The molecule has 0 radical (unpaired) electrons. The second-order valence-electron chi connectivity index (χ2n) is 9.60. The molecule has 2 aromatic rings. The number of aryl methyl sites for hydroxylation is 1. The molecule has 1 saturated heterocycles. The molecular weight excluding hydrogens is 398 g/mol. The average Bonchev–Trinajstić information content (AvgIpc) is 2.75. The second kappa shape index (κ2) is 9.42. The first-order valence-electron chi connectivity index (χ1n) is 11.8. The van der Waals surface area contributed by atoms with E-state index < -0.39 is 0 Å². The number of piperidine rings is 1. The molecule has 0 N–H and O–H groups in total. The van der Waals surface area contributed by atoms with Crippen molar-refractivity contribution in [3.8, 4) is 0 Å². The molecule has 2 aliphatic rings. The first-order valence-corrected chi connectivity index (χ1v) is 12.8. The number of nitrogens with zero attached hydrogens (tertiary/aromatic N) is 1. The molecule has 31 heavy (non-hydrogen) atoms. The Morgan fingerprint density at radius 1 is 1.19 bits per heavy atom. The van der Waals surface area contributed by atoms with Crippen LogP contribution >= 0.6 is 11.8 Å². The highest BCUT2D eigenvalue weighted by atomic mass is 32.2. The van der Waals surface area contributed by atoms with Gasteiger partial charge in [0.2, 0.25) is 0 Å². The van der Waals surface area contributed by atoms with Gasteiger partial charge < -0.3 is 9.64 Å². The normalized spacial score (nSPS) is 20.2. The van der Waals surface area contributed by atoms with E-state index in [-0.39, 0.29) is 12.2 Å². The third-order valence-corrected chi connectivity index (χ3v) is 8.09. The van der Waals surface area contributed by atoms with Crippen molar-refractivity contribution in [1.29, 1.82) is 0 Å². The Morgan fingerprint density at radius 3 is 2.61 bits per heavy atom. The number of likely N-dealkylation sites (tertiary alicyclic amines) is 1. The van der Waals surface area contributed by atoms with E-state index >= 15 is 0 Å². The zero-order chi connectivity index (χ0) is 22.0. The summed E-state index contributed by atoms with van der Waals surface area (Å²) in [5.74, 6) is 1.11. The molecule has 1 aliphatic carbocycles. The van der Waals surface area contributed by atoms with Crippen LogP contribution in [0.25, 0.3) is 5.70 Å². The Labute approximate surface area is 193 Å². The van der Waals surface area contributed by atoms with E-state index in [1.807, 2.05) is 11.8 Å². The molecule has 2 nitrogen and oxygen atoms in total. The van der Waals surface area contributed by atoms with Crippen LogP contribution < -0.4 is 0 Å². The quantitative estimate of drug-likeness (QED) is 0.443. The molecule has 1 heterocycles. The monoisotopic (exact) mass is 435 g/mol. The van der Waals surface area contributed by atoms with Crippen LogP contribution in [0, 0.1) is 12.3 Å². The van der Waals surface area contributed by atoms with Gasteiger partial charge in [-0.05, 0) is 92.0 Å². The minimum atomic E-state index is 0.228. The first-order chi connectivity index (χ1) is 14.9. The molecule has 1 aliphatic heterocycles. The van der Waals surface area contributed by atoms with Gasteiger partial charge in [-0.3, -0.25) is 0 Å². The van der Waals surface area contributed by atoms with Crippen molar-refractivity contribution in [2.45, 2.75) is 70.5 Å². The summed E-state index contributed by atoms with van der Waals surface area (Å²) in [5, 5.41) is 0. The van der Waals surface area contributed by atoms with Crippen LogP contribution in [-0.2, 0) is 11.2 Å². The van der Waals surface area contributed by atoms with Crippen LogP contribution in [0.3, 0.4) is 0 Å². The van der Waals surface area contributed by atoms with E-state index in [2.05, 4.69) is 81.6 Å². The Kier molecular flexibility index (Phi) is 6.83. The predicted molar refractivity (Wildman–Crippen MR) is 134 cm³/mol. The molecule has 2 aromatic carbocycles. The van der Waals surface area contributed by atoms with Crippen molar-refractivity contribution in [2.75, 3.05) is 18.8 Å². The molecule has 3 heteroatoms. The lowest BCUT2D eigenvalue weighted by Gasteiger charge is -2.48. The molecule has 1 fully saturated rings. The largest absolute Gasteiger partial charge is 0.371 e. The summed E-state index contributed by atoms with van der Waals surface area (Å²) in [5.41, 5.74) is 7.06. The van der Waals surface area contributed by atoms with Crippen LogP contribution in [0.5, 0.6) is 0 Å². The number of benzene rings is 2. The fraction of sp³-hybridized carbons (Fsp3) is 0.500. The van der Waals surface area contributed by atoms with Gasteiger partial charge in [-0.2, -0.15) is 0 Å². The van der Waals surface area contributed by atoms with E-state index in [0.717, 1.165) is 25.3 Å². The fourth-order valence-corrected chi connectivity index (χ4v) is 6.16. The molecule has 166 valence electrons. The van der Waals surface area contributed by atoms with E-state index in [9.17, 15) is 0 Å². The molecule has 1 atom stereocenters. The van der Waals surface area contributed by atoms with Gasteiger partial charge in [0, 0.05) is 23.7 Å². The zero-order valence-electron chi connectivity index (χ0n) is 19.6. The summed E-state index contributed by atoms with van der Waals surface area (Å²) < 4.78 is 6.40. The smallest absolute Gasteiger partial charge is 0.0836 e. The standard InChI is InChI=1S/C28H37NOS/c1-6-31-27-12-11-23(17-21(27)4)22(5)29-15-13-28(14-16-29)18-24-9-7-8-10-25(24)26(19-28)30-20(2)3/h7-12,17,20,26H,5-6,13-16,18-19H2,1-4H3. The Bertz CT molecular complexity index is 926. The molecule has 0 amide bonds. The maximum atomic E-state index is 6.40. The van der Waals surface area contributed by atoms with Gasteiger partial charge in [0.1, 0.15) is 0 Å². The maximum Gasteiger partial charge on any atom is 0.0836 e. The minimum absolute atomic E-state index is 0.228. The molecule has 0 bridgehead atoms. The van der Waals surface area contributed by atoms with Crippen LogP contribution in [0.2, 0.25) is 0 Å². The molecule has 0 aromatic heterocycles. The number of fused-ring (bicyclic) bond motifs is 1. The van der Waals surface area contributed by atoms with Crippen LogP contribution in [0.1, 0.15) is 68.4 Å². The highest BCUT2D eigenvalue weighted by Gasteiger charge is 2.42. The third-order valence-electron chi connectivity index (χ3n) is 7.04. The SMILES string of the molecule is C=C(c1ccc(SCC)c(C)c1)N1CCC2(CC1)Cc1ccccc1C(OC(C)C)C2. The van der Waals surface area contributed by atoms with Crippen molar-refractivity contribution in [2.24, 2.45) is 5.41 Å². The first kappa shape index (κ1) is 22.5. The molecular formula is C28H37NOS. The van der Waals surface area contributed by atoms with Crippen molar-refractivity contribution in [1.82, 2.24) is 4.90 Å². The number of hydrogen-bond acceptors (Lipinski definition) is 3. The maximum absolute atomic E-state index is 6.40. The van der Waals surface area contributed by atoms with E-state index in [4.69, 9.17) is 4.74 Å². The molecule has 1 spiro atoms. The van der Waals surface area contributed by atoms with Crippen LogP contribution in [0.15, 0.2) is 53.9 Å². The average molecular weight is 436 g/mol. The van der Waals surface area contributed by atoms with Gasteiger partial charge in [-0.15, -0.1) is 11.8 Å². The highest BCUT2D eigenvalue weighted by Crippen LogP contribution is 2.49. The lowest BCUT2D eigenvalue weighted by Crippen LogP contribution is -2.43. The molecule has 4 rings (SSSR count). The van der Waals surface area contributed by atoms with Crippen LogP contribution in [0.4, 0.5) is 0 Å². The Morgan fingerprint density at radius 2 is 1.94 bits per heavy atom. The number of rotatable bonds is 6. The number of hydrogen-bond donors (Lipinski definition) is 0. The van der Waals surface area contributed by atoms with E-state index in [1.54, 1.807) is 0 Å². The van der Waals surface area contributed by atoms with Gasteiger partial charge in [-0.1, -0.05) is 43.8 Å². The number of thioether (sulfide) groups is 1. The molecule has 0 saturated carbocycles. The minimum Gasteiger partial charge on any atom is -0.371 e. The van der Waals surface area contributed by atoms with Crippen molar-refractivity contribution >= 4 is 17.5 Å². The summed E-state index contributed by atoms with van der Waals surface area (Å²) >= 11 is 1.92. The van der Waals surface area contributed by atoms with Gasteiger partial charge in [0.05, 0.1) is 12.2 Å². The lowest BCUT2D eigenvalue weighted by atomic mass is 9.65. The van der Waals surface area contributed by atoms with Gasteiger partial charge >= 0.3 is 0 Å². The Hall–Kier alpha value is -1.71. The lowest BCUT2D eigenvalue weighted by molar-refractivity contribution is -0.0422. The van der Waals surface area contributed by atoms with Gasteiger partial charge in [0.15, 0.2) is 0 Å². The van der Waals surface area contributed by atoms with Crippen molar-refractivity contribution < 1.29 is 4.74 Å². The van der Waals surface area contributed by atoms with E-state index in [1.165, 1.54) is 52.1 Å². The fourth-order valence-electron chi connectivity index (χ4n) is 5.40. The topological polar surface area (TPSA) is 12.5 Å². The summed E-state index contributed by atoms with van der Waals surface area (Å²) in [6.07, 6.45) is 5.23. The predicted octanol–water partition coefficient (Wildman–Crippen LogP) is 7.27. The summed E-state index contributed by atoms with van der Waals surface area (Å²) in [7, 11) is 0. The second-order valence-corrected chi connectivity index (χ2v) is 10.9. The Balaban J connectivity index is 1.46. The molecule has 1 unspecified atom stereocenters. The summed E-state index contributed by atoms with van der Waals surface area (Å²) in [4.78, 5) is 3.89. The zero-order valence-corrected chi connectivity index (χ0v) is 20.4. The third kappa shape index (κ3) is 4.88. The van der Waals surface area contributed by atoms with Crippen molar-refractivity contribution in [3.63, 3.8) is 0 Å². The van der Waals surface area contributed by atoms with Crippen LogP contribution in [-0.4, -0.2) is 29.8 Å². The van der Waals surface area contributed by atoms with Gasteiger partial charge in [0.25, 0.3) is 0 Å².